The predicted octanol–water partition coefficient (Wildman–Crippen LogP) is 7.33. The summed E-state index contributed by atoms with van der Waals surface area (Å²) in [6, 6.07) is 18.6. The molecular weight excluding hydrogens is 1190 g/mol. The van der Waals surface area contributed by atoms with E-state index in [0.717, 1.165) is 53.1 Å². The minimum Gasteiger partial charge on any atom is -0.379 e. The third kappa shape index (κ3) is 23.2. The van der Waals surface area contributed by atoms with Crippen molar-refractivity contribution in [2.75, 3.05) is 105 Å². The molecule has 0 radical (unpaired) electrons. The van der Waals surface area contributed by atoms with Gasteiger partial charge in [0.2, 0.25) is 23.6 Å². The first kappa shape index (κ1) is 70.7. The van der Waals surface area contributed by atoms with Gasteiger partial charge in [-0.25, -0.2) is 23.7 Å². The molecule has 0 saturated carbocycles. The van der Waals surface area contributed by atoms with Crippen LogP contribution in [-0.4, -0.2) is 181 Å². The third-order valence-electron chi connectivity index (χ3n) is 15.0. The van der Waals surface area contributed by atoms with Crippen LogP contribution in [0, 0.1) is 24.0 Å². The maximum Gasteiger partial charge on any atom is 0.251 e. The fourth-order valence-electron chi connectivity index (χ4n) is 9.92. The van der Waals surface area contributed by atoms with Crippen molar-refractivity contribution in [3.05, 3.63) is 131 Å². The van der Waals surface area contributed by atoms with Gasteiger partial charge in [-0.2, -0.15) is 0 Å². The Kier molecular flexibility index (Phi) is 29.2. The summed E-state index contributed by atoms with van der Waals surface area (Å²) < 4.78 is 63.8. The monoisotopic (exact) mass is 1280 g/mol. The molecule has 23 nitrogen and oxygen atoms in total. The molecular formula is C65H86F2N12O11S. The number of unbranched alkanes of at least 4 members (excludes halogenated alkanes) is 2. The molecule has 91 heavy (non-hydrogen) atoms. The van der Waals surface area contributed by atoms with Crippen LogP contribution in [0.3, 0.4) is 0 Å². The molecule has 492 valence electrons. The standard InChI is InChI=1S/C65H86F2N12O11S/c1-46-59(91-45-73-46)48-21-19-47(20-22-48)40-70-63(83)55-17-11-26-78(55)64(84)60(65(2,3)4)74-57(80)43-90-38-37-89-36-35-88-34-33-87-32-31-86-30-29-85-28-8-6-7-18-58(81)77(5)25-12-27-79-56(75-76-61(79)54-23-24-68-44-72-54)42-69-50-14-9-13-49(39-50)62(82)71-41-51-52(66)15-10-16-53(51)67/h9-10,13-16,19-24,39,44-45,55,60,69H,6-8,11-12,17-18,25-38,40-43H2,1-5H3,(H,70,83)(H,71,82)(H,74,80)/t55-,60?/m0/s1. The molecule has 4 N–H and O–H groups in total. The molecule has 1 unspecified atom stereocenters. The number of nitrogens with one attached hydrogen (secondary N) is 4. The van der Waals surface area contributed by atoms with E-state index in [2.05, 4.69) is 46.4 Å². The van der Waals surface area contributed by atoms with E-state index in [1.807, 2.05) is 62.0 Å². The number of nitrogens with zero attached hydrogens (tertiary/aromatic N) is 8. The van der Waals surface area contributed by atoms with Crippen molar-refractivity contribution < 1.29 is 61.2 Å². The van der Waals surface area contributed by atoms with Crippen LogP contribution in [0.5, 0.6) is 0 Å². The lowest BCUT2D eigenvalue weighted by atomic mass is 9.85. The highest BCUT2D eigenvalue weighted by atomic mass is 32.1. The SMILES string of the molecule is Cc1ncsc1-c1ccc(CNC(=O)[C@@H]2CCCN2C(=O)C(NC(=O)COCCOCCOCCOCCOCCOCCCCCC(=O)N(C)CCCn2c(CNc3cccc(C(=O)NCc4c(F)cccc4F)c3)nnc2-c2ccncn2)C(C)(C)C)cc1. The number of carbonyl (C=O) groups is 5. The summed E-state index contributed by atoms with van der Waals surface area (Å²) in [5, 5.41) is 20.6. The van der Waals surface area contributed by atoms with E-state index in [1.54, 1.807) is 64.7 Å². The van der Waals surface area contributed by atoms with Gasteiger partial charge in [0.25, 0.3) is 5.91 Å². The zero-order chi connectivity index (χ0) is 64.8. The number of benzene rings is 3. The summed E-state index contributed by atoms with van der Waals surface area (Å²) >= 11 is 1.59. The zero-order valence-electron chi connectivity index (χ0n) is 52.7. The van der Waals surface area contributed by atoms with Crippen molar-refractivity contribution in [2.24, 2.45) is 5.41 Å². The molecule has 26 heteroatoms. The van der Waals surface area contributed by atoms with Gasteiger partial charge in [-0.3, -0.25) is 24.0 Å². The molecule has 6 aromatic rings. The second-order valence-corrected chi connectivity index (χ2v) is 23.7. The molecule has 1 aliphatic heterocycles. The number of hydrogen-bond donors (Lipinski definition) is 4. The van der Waals surface area contributed by atoms with Crippen molar-refractivity contribution in [1.82, 2.24) is 55.5 Å². The molecule has 1 saturated heterocycles. The Hall–Kier alpha value is -7.72. The molecule has 0 aliphatic carbocycles. The van der Waals surface area contributed by atoms with Crippen LogP contribution < -0.4 is 21.3 Å². The zero-order valence-corrected chi connectivity index (χ0v) is 53.5. The maximum absolute atomic E-state index is 14.1. The van der Waals surface area contributed by atoms with Crippen molar-refractivity contribution in [1.29, 1.82) is 0 Å². The first-order valence-corrected chi connectivity index (χ1v) is 31.8. The summed E-state index contributed by atoms with van der Waals surface area (Å²) in [5.41, 5.74) is 5.50. The number of halogens is 2. The van der Waals surface area contributed by atoms with Crippen LogP contribution in [0.4, 0.5) is 14.5 Å². The largest absolute Gasteiger partial charge is 0.379 e. The average Bonchev–Trinajstić information content (AvgIpc) is 1.98. The van der Waals surface area contributed by atoms with E-state index in [1.165, 1.54) is 12.4 Å². The van der Waals surface area contributed by atoms with Gasteiger partial charge >= 0.3 is 0 Å². The summed E-state index contributed by atoms with van der Waals surface area (Å²) in [5.74, 6) is -1.70. The van der Waals surface area contributed by atoms with E-state index in [9.17, 15) is 32.8 Å². The molecule has 2 atom stereocenters. The summed E-state index contributed by atoms with van der Waals surface area (Å²) in [6.45, 7) is 13.3. The van der Waals surface area contributed by atoms with Crippen LogP contribution in [0.15, 0.2) is 90.8 Å². The normalized spacial score (nSPS) is 13.5. The quantitative estimate of drug-likeness (QED) is 0.0274. The van der Waals surface area contributed by atoms with E-state index >= 15 is 0 Å². The fraction of sp³-hybridized carbons (Fsp3) is 0.508. The van der Waals surface area contributed by atoms with Gasteiger partial charge in [0, 0.05) is 75.8 Å². The second-order valence-electron chi connectivity index (χ2n) is 22.8. The number of anilines is 1. The van der Waals surface area contributed by atoms with Gasteiger partial charge in [0.15, 0.2) is 11.6 Å². The first-order chi connectivity index (χ1) is 44.1. The second kappa shape index (κ2) is 37.6. The van der Waals surface area contributed by atoms with Crippen molar-refractivity contribution in [3.63, 3.8) is 0 Å². The third-order valence-corrected chi connectivity index (χ3v) is 15.9. The van der Waals surface area contributed by atoms with Crippen LogP contribution >= 0.6 is 11.3 Å². The van der Waals surface area contributed by atoms with Crippen LogP contribution in [0.25, 0.3) is 22.0 Å². The number of rotatable bonds is 40. The van der Waals surface area contributed by atoms with Gasteiger partial charge < -0.3 is 64.1 Å². The lowest BCUT2D eigenvalue weighted by molar-refractivity contribution is -0.144. The number of likely N-dealkylation sites (tertiary alicyclic amines) is 1. The smallest absolute Gasteiger partial charge is 0.251 e. The molecule has 7 rings (SSSR count). The van der Waals surface area contributed by atoms with Crippen molar-refractivity contribution >= 4 is 46.6 Å². The van der Waals surface area contributed by atoms with Gasteiger partial charge in [-0.15, -0.1) is 21.5 Å². The number of ether oxygens (including phenoxy) is 6. The maximum atomic E-state index is 14.1. The average molecular weight is 1280 g/mol. The highest BCUT2D eigenvalue weighted by Gasteiger charge is 2.42. The number of carbonyl (C=O) groups excluding carboxylic acids is 5. The van der Waals surface area contributed by atoms with E-state index in [4.69, 9.17) is 28.4 Å². The topological polar surface area (TPSA) is 265 Å². The Bertz CT molecular complexity index is 3210. The lowest BCUT2D eigenvalue weighted by Crippen LogP contribution is -2.58. The molecule has 3 aromatic carbocycles. The Morgan fingerprint density at radius 3 is 2.07 bits per heavy atom. The minimum absolute atomic E-state index is 0.0542. The summed E-state index contributed by atoms with van der Waals surface area (Å²) in [7, 11) is 1.80. The lowest BCUT2D eigenvalue weighted by Gasteiger charge is -2.35. The molecule has 0 bridgehead atoms. The number of hydrogen-bond acceptors (Lipinski definition) is 18. The Labute approximate surface area is 534 Å². The van der Waals surface area contributed by atoms with Gasteiger partial charge in [-0.05, 0) is 92.0 Å². The van der Waals surface area contributed by atoms with Gasteiger partial charge in [-0.1, -0.05) is 63.6 Å². The van der Waals surface area contributed by atoms with E-state index < -0.39 is 40.9 Å². The molecule has 3 aromatic heterocycles. The highest BCUT2D eigenvalue weighted by Crippen LogP contribution is 2.29. The molecule has 4 heterocycles. The Morgan fingerprint density at radius 2 is 1.42 bits per heavy atom. The molecule has 1 fully saturated rings. The van der Waals surface area contributed by atoms with Gasteiger partial charge in [0.05, 0.1) is 88.7 Å². The van der Waals surface area contributed by atoms with Crippen LogP contribution in [0.2, 0.25) is 0 Å². The molecule has 5 amide bonds. The van der Waals surface area contributed by atoms with Crippen LogP contribution in [-0.2, 0) is 73.8 Å². The Morgan fingerprint density at radius 1 is 0.747 bits per heavy atom. The molecule has 0 spiro atoms. The number of amides is 5. The van der Waals surface area contributed by atoms with Crippen LogP contribution in [0.1, 0.15) is 98.7 Å². The predicted molar refractivity (Wildman–Crippen MR) is 338 cm³/mol. The fourth-order valence-corrected chi connectivity index (χ4v) is 10.7. The summed E-state index contributed by atoms with van der Waals surface area (Å²) in [6.07, 6.45) is 7.75. The number of aryl methyl sites for hydroxylation is 1. The van der Waals surface area contributed by atoms with E-state index in [0.29, 0.717) is 140 Å². The number of aromatic nitrogens is 6. The summed E-state index contributed by atoms with van der Waals surface area (Å²) in [4.78, 5) is 83.4. The number of thiazole rings is 1. The minimum atomic E-state index is -0.856. The first-order valence-electron chi connectivity index (χ1n) is 30.9. The Balaban J connectivity index is 0.652. The van der Waals surface area contributed by atoms with Gasteiger partial charge in [0.1, 0.15) is 42.3 Å². The van der Waals surface area contributed by atoms with Crippen molar-refractivity contribution in [3.8, 4) is 22.0 Å². The van der Waals surface area contributed by atoms with Crippen molar-refractivity contribution in [2.45, 2.75) is 111 Å². The highest BCUT2D eigenvalue weighted by molar-refractivity contribution is 7.13. The van der Waals surface area contributed by atoms with E-state index in [-0.39, 0.29) is 56.2 Å². The molecule has 1 aliphatic rings.